The van der Waals surface area contributed by atoms with E-state index in [1.807, 2.05) is 30.3 Å². The van der Waals surface area contributed by atoms with Crippen molar-refractivity contribution < 1.29 is 9.18 Å². The van der Waals surface area contributed by atoms with Crippen LogP contribution in [0.25, 0.3) is 0 Å². The highest BCUT2D eigenvalue weighted by Crippen LogP contribution is 2.38. The molecule has 3 nitrogen and oxygen atoms in total. The predicted octanol–water partition coefficient (Wildman–Crippen LogP) is 3.76. The number of hydrogen-bond acceptors (Lipinski definition) is 2. The van der Waals surface area contributed by atoms with Crippen molar-refractivity contribution in [3.05, 3.63) is 58.9 Å². The van der Waals surface area contributed by atoms with Gasteiger partial charge in [0.2, 0.25) is 0 Å². The van der Waals surface area contributed by atoms with Crippen LogP contribution in [0.1, 0.15) is 12.5 Å². The van der Waals surface area contributed by atoms with Crippen molar-refractivity contribution in [3.8, 4) is 0 Å². The highest BCUT2D eigenvalue weighted by atomic mass is 35.5. The number of benzene rings is 2. The topological polar surface area (TPSA) is 41.1 Å². The molecule has 3 rings (SSSR count). The van der Waals surface area contributed by atoms with Gasteiger partial charge in [-0.25, -0.2) is 4.39 Å². The number of carbonyl (C=O) groups excluding carboxylic acids is 1. The van der Waals surface area contributed by atoms with Gasteiger partial charge in [0.05, 0.1) is 16.4 Å². The Morgan fingerprint density at radius 3 is 2.55 bits per heavy atom. The summed E-state index contributed by atoms with van der Waals surface area (Å²) in [4.78, 5) is 12.3. The second-order valence-electron chi connectivity index (χ2n) is 4.88. The van der Waals surface area contributed by atoms with Crippen molar-refractivity contribution in [2.45, 2.75) is 12.5 Å². The monoisotopic (exact) mass is 290 g/mol. The smallest absolute Gasteiger partial charge is 0.254 e. The summed E-state index contributed by atoms with van der Waals surface area (Å²) in [5.74, 6) is -0.797. The van der Waals surface area contributed by atoms with E-state index in [1.54, 1.807) is 6.92 Å². The molecule has 1 heterocycles. The van der Waals surface area contributed by atoms with Gasteiger partial charge in [-0.2, -0.15) is 0 Å². The van der Waals surface area contributed by atoms with Crippen LogP contribution in [0.2, 0.25) is 5.02 Å². The highest BCUT2D eigenvalue weighted by Gasteiger charge is 2.39. The Balaban J connectivity index is 2.09. The molecular formula is C15H12ClFN2O. The van der Waals surface area contributed by atoms with Gasteiger partial charge in [-0.3, -0.25) is 4.79 Å². The minimum Gasteiger partial charge on any atom is -0.366 e. The number of anilines is 2. The first kappa shape index (κ1) is 12.9. The molecule has 0 bridgehead atoms. The third-order valence-electron chi connectivity index (χ3n) is 3.50. The van der Waals surface area contributed by atoms with E-state index in [9.17, 15) is 9.18 Å². The standard InChI is InChI=1S/C15H12ClFN2O/c1-15(9-5-3-2-4-6-9)14(20)18-12-8-11(17)10(16)7-13(12)19-15/h2-8,19H,1H3,(H,18,20). The lowest BCUT2D eigenvalue weighted by atomic mass is 9.88. The number of halogens is 2. The van der Waals surface area contributed by atoms with Crippen molar-refractivity contribution in [1.82, 2.24) is 0 Å². The average Bonchev–Trinajstić information content (AvgIpc) is 2.44. The molecule has 0 saturated carbocycles. The first-order chi connectivity index (χ1) is 9.50. The normalized spacial score (nSPS) is 20.9. The molecule has 2 aromatic rings. The summed E-state index contributed by atoms with van der Waals surface area (Å²) in [6.45, 7) is 1.78. The molecule has 0 fully saturated rings. The molecule has 5 heteroatoms. The summed E-state index contributed by atoms with van der Waals surface area (Å²) >= 11 is 5.79. The molecule has 0 saturated heterocycles. The fourth-order valence-electron chi connectivity index (χ4n) is 2.30. The summed E-state index contributed by atoms with van der Waals surface area (Å²) in [6.07, 6.45) is 0. The van der Waals surface area contributed by atoms with Crippen LogP contribution in [0.3, 0.4) is 0 Å². The Bertz CT molecular complexity index is 690. The van der Waals surface area contributed by atoms with E-state index in [0.717, 1.165) is 5.56 Å². The zero-order valence-electron chi connectivity index (χ0n) is 10.7. The number of fused-ring (bicyclic) bond motifs is 1. The Morgan fingerprint density at radius 2 is 1.85 bits per heavy atom. The molecule has 102 valence electrons. The van der Waals surface area contributed by atoms with E-state index in [4.69, 9.17) is 11.6 Å². The first-order valence-corrected chi connectivity index (χ1v) is 6.53. The maximum Gasteiger partial charge on any atom is 0.254 e. The molecule has 1 atom stereocenters. The van der Waals surface area contributed by atoms with Gasteiger partial charge in [0.25, 0.3) is 5.91 Å². The van der Waals surface area contributed by atoms with Crippen molar-refractivity contribution in [2.24, 2.45) is 0 Å². The first-order valence-electron chi connectivity index (χ1n) is 6.15. The maximum atomic E-state index is 13.4. The number of amides is 1. The second-order valence-corrected chi connectivity index (χ2v) is 5.29. The zero-order chi connectivity index (χ0) is 14.3. The van der Waals surface area contributed by atoms with Gasteiger partial charge in [-0.1, -0.05) is 41.9 Å². The fourth-order valence-corrected chi connectivity index (χ4v) is 2.47. The van der Waals surface area contributed by atoms with Crippen LogP contribution in [0.15, 0.2) is 42.5 Å². The van der Waals surface area contributed by atoms with Crippen LogP contribution in [0.4, 0.5) is 15.8 Å². The van der Waals surface area contributed by atoms with Crippen molar-refractivity contribution in [2.75, 3.05) is 10.6 Å². The lowest BCUT2D eigenvalue weighted by molar-refractivity contribution is -0.120. The molecule has 1 aliphatic rings. The Hall–Kier alpha value is -2.07. The van der Waals surface area contributed by atoms with Gasteiger partial charge in [-0.15, -0.1) is 0 Å². The van der Waals surface area contributed by atoms with Gasteiger partial charge >= 0.3 is 0 Å². The fraction of sp³-hybridized carbons (Fsp3) is 0.133. The van der Waals surface area contributed by atoms with Gasteiger partial charge in [0.15, 0.2) is 0 Å². The van der Waals surface area contributed by atoms with Crippen LogP contribution in [-0.4, -0.2) is 5.91 Å². The van der Waals surface area contributed by atoms with Crippen LogP contribution >= 0.6 is 11.6 Å². The van der Waals surface area contributed by atoms with Crippen molar-refractivity contribution in [1.29, 1.82) is 0 Å². The summed E-state index contributed by atoms with van der Waals surface area (Å²) in [5.41, 5.74) is 0.895. The van der Waals surface area contributed by atoms with Gasteiger partial charge in [-0.05, 0) is 18.6 Å². The third-order valence-corrected chi connectivity index (χ3v) is 3.79. The summed E-state index contributed by atoms with van der Waals surface area (Å²) in [5, 5.41) is 5.88. The minimum absolute atomic E-state index is 0.0165. The molecule has 0 aromatic heterocycles. The average molecular weight is 291 g/mol. The van der Waals surface area contributed by atoms with E-state index in [1.165, 1.54) is 12.1 Å². The van der Waals surface area contributed by atoms with Gasteiger partial charge in [0, 0.05) is 6.07 Å². The van der Waals surface area contributed by atoms with Crippen molar-refractivity contribution >= 4 is 28.9 Å². The largest absolute Gasteiger partial charge is 0.366 e. The third kappa shape index (κ3) is 1.93. The van der Waals surface area contributed by atoms with E-state index in [0.29, 0.717) is 11.4 Å². The van der Waals surface area contributed by atoms with Crippen LogP contribution in [0, 0.1) is 5.82 Å². The lowest BCUT2D eigenvalue weighted by Crippen LogP contribution is -2.47. The Kier molecular flexibility index (Phi) is 2.91. The maximum absolute atomic E-state index is 13.4. The molecule has 0 radical (unpaired) electrons. The minimum atomic E-state index is -0.921. The lowest BCUT2D eigenvalue weighted by Gasteiger charge is -2.36. The second kappa shape index (κ2) is 4.49. The number of nitrogens with one attached hydrogen (secondary N) is 2. The van der Waals surface area contributed by atoms with E-state index < -0.39 is 11.4 Å². The number of carbonyl (C=O) groups is 1. The number of hydrogen-bond donors (Lipinski definition) is 2. The molecule has 1 amide bonds. The van der Waals surface area contributed by atoms with Crippen LogP contribution in [0.5, 0.6) is 0 Å². The summed E-state index contributed by atoms with van der Waals surface area (Å²) < 4.78 is 13.4. The summed E-state index contributed by atoms with van der Waals surface area (Å²) in [7, 11) is 0. The van der Waals surface area contributed by atoms with Crippen molar-refractivity contribution in [3.63, 3.8) is 0 Å². The van der Waals surface area contributed by atoms with E-state index in [2.05, 4.69) is 10.6 Å². The number of rotatable bonds is 1. The highest BCUT2D eigenvalue weighted by molar-refractivity contribution is 6.31. The van der Waals surface area contributed by atoms with Gasteiger partial charge < -0.3 is 10.6 Å². The molecule has 2 aromatic carbocycles. The van der Waals surface area contributed by atoms with E-state index >= 15 is 0 Å². The van der Waals surface area contributed by atoms with Gasteiger partial charge in [0.1, 0.15) is 11.4 Å². The molecule has 1 aliphatic heterocycles. The molecule has 0 spiro atoms. The Morgan fingerprint density at radius 1 is 1.15 bits per heavy atom. The van der Waals surface area contributed by atoms with Crippen LogP contribution in [-0.2, 0) is 10.3 Å². The SMILES string of the molecule is CC1(c2ccccc2)Nc2cc(Cl)c(F)cc2NC1=O. The molecule has 1 unspecified atom stereocenters. The van der Waals surface area contributed by atoms with Crippen LogP contribution < -0.4 is 10.6 Å². The quantitative estimate of drug-likeness (QED) is 0.839. The Labute approximate surface area is 120 Å². The molecular weight excluding hydrogens is 279 g/mol. The van der Waals surface area contributed by atoms with E-state index in [-0.39, 0.29) is 10.9 Å². The zero-order valence-corrected chi connectivity index (χ0v) is 11.5. The molecule has 2 N–H and O–H groups in total. The molecule has 0 aliphatic carbocycles. The molecule has 20 heavy (non-hydrogen) atoms. The predicted molar refractivity (Wildman–Crippen MR) is 77.5 cm³/mol. The summed E-state index contributed by atoms with van der Waals surface area (Å²) in [6, 6.07) is 12.0.